The molecule has 0 fully saturated rings. The number of alkyl halides is 3. The van der Waals surface area contributed by atoms with E-state index in [0.29, 0.717) is 0 Å². The van der Waals surface area contributed by atoms with Gasteiger partial charge in [0.25, 0.3) is 0 Å². The molecule has 0 unspecified atom stereocenters. The van der Waals surface area contributed by atoms with Gasteiger partial charge in [-0.1, -0.05) is 12.1 Å². The highest BCUT2D eigenvalue weighted by molar-refractivity contribution is 7.89. The Morgan fingerprint density at radius 3 is 2.57 bits per heavy atom. The SMILES string of the molecule is NS(=O)(=O)c1ccccc1-n1cc(NCC(F)(F)F)cn1. The molecule has 1 heterocycles. The smallest absolute Gasteiger partial charge is 0.374 e. The molecule has 0 amide bonds. The van der Waals surface area contributed by atoms with Crippen LogP contribution in [0.2, 0.25) is 0 Å². The third-order valence-electron chi connectivity index (χ3n) is 2.49. The second kappa shape index (κ2) is 5.37. The lowest BCUT2D eigenvalue weighted by Gasteiger charge is -2.08. The number of nitrogens with two attached hydrogens (primary N) is 1. The minimum Gasteiger partial charge on any atom is -0.374 e. The Balaban J connectivity index is 2.31. The number of primary sulfonamides is 1. The van der Waals surface area contributed by atoms with Gasteiger partial charge in [-0.25, -0.2) is 18.2 Å². The molecule has 0 bridgehead atoms. The summed E-state index contributed by atoms with van der Waals surface area (Å²) in [6, 6.07) is 5.78. The lowest BCUT2D eigenvalue weighted by Crippen LogP contribution is -2.21. The minimum atomic E-state index is -4.36. The number of hydrogen-bond acceptors (Lipinski definition) is 4. The molecule has 1 aromatic carbocycles. The summed E-state index contributed by atoms with van der Waals surface area (Å²) in [6.45, 7) is -1.21. The van der Waals surface area contributed by atoms with E-state index in [9.17, 15) is 21.6 Å². The van der Waals surface area contributed by atoms with E-state index in [-0.39, 0.29) is 16.3 Å². The van der Waals surface area contributed by atoms with Crippen LogP contribution in [-0.4, -0.2) is 30.9 Å². The van der Waals surface area contributed by atoms with E-state index in [1.165, 1.54) is 24.4 Å². The van der Waals surface area contributed by atoms with E-state index in [1.54, 1.807) is 6.07 Å². The fourth-order valence-electron chi connectivity index (χ4n) is 1.64. The second-order valence-corrected chi connectivity index (χ2v) is 5.68. The molecule has 0 radical (unpaired) electrons. The van der Waals surface area contributed by atoms with Crippen LogP contribution >= 0.6 is 0 Å². The normalized spacial score (nSPS) is 12.4. The van der Waals surface area contributed by atoms with E-state index in [2.05, 4.69) is 10.4 Å². The van der Waals surface area contributed by atoms with Gasteiger partial charge in [0.2, 0.25) is 10.0 Å². The van der Waals surface area contributed by atoms with Gasteiger partial charge in [-0.3, -0.25) is 0 Å². The van der Waals surface area contributed by atoms with Crippen molar-refractivity contribution in [2.75, 3.05) is 11.9 Å². The Kier molecular flexibility index (Phi) is 3.92. The molecule has 0 atom stereocenters. The van der Waals surface area contributed by atoms with Gasteiger partial charge in [0, 0.05) is 0 Å². The fraction of sp³-hybridized carbons (Fsp3) is 0.182. The number of rotatable bonds is 4. The van der Waals surface area contributed by atoms with E-state index < -0.39 is 22.7 Å². The van der Waals surface area contributed by atoms with Crippen LogP contribution in [0.15, 0.2) is 41.6 Å². The average Bonchev–Trinajstić information content (AvgIpc) is 2.83. The summed E-state index contributed by atoms with van der Waals surface area (Å²) in [4.78, 5) is -0.171. The van der Waals surface area contributed by atoms with Gasteiger partial charge in [-0.15, -0.1) is 0 Å². The summed E-state index contributed by atoms with van der Waals surface area (Å²) in [5.74, 6) is 0. The maximum Gasteiger partial charge on any atom is 0.405 e. The Morgan fingerprint density at radius 2 is 1.95 bits per heavy atom. The Labute approximate surface area is 118 Å². The van der Waals surface area contributed by atoms with E-state index >= 15 is 0 Å². The minimum absolute atomic E-state index is 0.108. The molecular weight excluding hydrogens is 309 g/mol. The van der Waals surface area contributed by atoms with Gasteiger partial charge < -0.3 is 5.32 Å². The Bertz CT molecular complexity index is 740. The topological polar surface area (TPSA) is 90.0 Å². The summed E-state index contributed by atoms with van der Waals surface area (Å²) in [5.41, 5.74) is 0.261. The molecule has 0 saturated heterocycles. The number of benzene rings is 1. The third-order valence-corrected chi connectivity index (χ3v) is 3.45. The fourth-order valence-corrected chi connectivity index (χ4v) is 2.36. The average molecular weight is 320 g/mol. The first kappa shape index (κ1) is 15.3. The van der Waals surface area contributed by atoms with Crippen LogP contribution in [0, 0.1) is 0 Å². The zero-order valence-corrected chi connectivity index (χ0v) is 11.3. The number of nitrogens with zero attached hydrogens (tertiary/aromatic N) is 2. The molecule has 0 aliphatic carbocycles. The summed E-state index contributed by atoms with van der Waals surface area (Å²) in [5, 5.41) is 11.1. The first-order valence-electron chi connectivity index (χ1n) is 5.64. The third kappa shape index (κ3) is 3.95. The van der Waals surface area contributed by atoms with Crippen molar-refractivity contribution in [2.45, 2.75) is 11.1 Å². The van der Waals surface area contributed by atoms with Crippen LogP contribution in [0.5, 0.6) is 0 Å². The first-order chi connectivity index (χ1) is 9.67. The van der Waals surface area contributed by atoms with E-state index in [1.807, 2.05) is 0 Å². The van der Waals surface area contributed by atoms with E-state index in [0.717, 1.165) is 10.9 Å². The first-order valence-corrected chi connectivity index (χ1v) is 7.19. The molecule has 3 N–H and O–H groups in total. The Morgan fingerprint density at radius 1 is 1.29 bits per heavy atom. The van der Waals surface area contributed by atoms with Gasteiger partial charge in [0.05, 0.1) is 23.8 Å². The van der Waals surface area contributed by atoms with Crippen LogP contribution in [-0.2, 0) is 10.0 Å². The number of hydrogen-bond donors (Lipinski definition) is 2. The number of halogens is 3. The van der Waals surface area contributed by atoms with Gasteiger partial charge in [-0.2, -0.15) is 18.3 Å². The van der Waals surface area contributed by atoms with Crippen LogP contribution in [0.4, 0.5) is 18.9 Å². The highest BCUT2D eigenvalue weighted by atomic mass is 32.2. The molecule has 1 aromatic heterocycles. The number of sulfonamides is 1. The standard InChI is InChI=1S/C11H11F3N4O2S/c12-11(13,14)7-16-8-5-17-18(6-8)9-3-1-2-4-10(9)21(15,19)20/h1-6,16H,7H2,(H2,15,19,20). The molecule has 2 aromatic rings. The molecular formula is C11H11F3N4O2S. The summed E-state index contributed by atoms with van der Waals surface area (Å²) < 4.78 is 60.4. The van der Waals surface area contributed by atoms with Crippen molar-refractivity contribution in [3.8, 4) is 5.69 Å². The molecule has 10 heteroatoms. The second-order valence-electron chi connectivity index (χ2n) is 4.16. The molecule has 2 rings (SSSR count). The molecule has 0 aliphatic heterocycles. The molecule has 6 nitrogen and oxygen atoms in total. The number of para-hydroxylation sites is 1. The summed E-state index contributed by atoms with van der Waals surface area (Å²) in [7, 11) is -3.97. The van der Waals surface area contributed by atoms with Crippen molar-refractivity contribution in [2.24, 2.45) is 5.14 Å². The monoisotopic (exact) mass is 320 g/mol. The van der Waals surface area contributed by atoms with E-state index in [4.69, 9.17) is 5.14 Å². The summed E-state index contributed by atoms with van der Waals surface area (Å²) in [6.07, 6.45) is -1.96. The van der Waals surface area contributed by atoms with Crippen molar-refractivity contribution in [3.05, 3.63) is 36.7 Å². The summed E-state index contributed by atoms with van der Waals surface area (Å²) >= 11 is 0. The molecule has 114 valence electrons. The van der Waals surface area contributed by atoms with Crippen molar-refractivity contribution < 1.29 is 21.6 Å². The molecule has 0 saturated carbocycles. The maximum absolute atomic E-state index is 12.1. The molecule has 21 heavy (non-hydrogen) atoms. The quantitative estimate of drug-likeness (QED) is 0.893. The lowest BCUT2D eigenvalue weighted by atomic mass is 10.3. The number of aromatic nitrogens is 2. The molecule has 0 spiro atoms. The predicted octanol–water partition coefficient (Wildman–Crippen LogP) is 1.49. The predicted molar refractivity (Wildman–Crippen MR) is 69.5 cm³/mol. The lowest BCUT2D eigenvalue weighted by molar-refractivity contribution is -0.115. The van der Waals surface area contributed by atoms with Crippen LogP contribution in [0.1, 0.15) is 0 Å². The van der Waals surface area contributed by atoms with Crippen LogP contribution in [0.3, 0.4) is 0 Å². The van der Waals surface area contributed by atoms with Gasteiger partial charge in [-0.05, 0) is 12.1 Å². The van der Waals surface area contributed by atoms with Crippen molar-refractivity contribution in [3.63, 3.8) is 0 Å². The largest absolute Gasteiger partial charge is 0.405 e. The maximum atomic E-state index is 12.1. The van der Waals surface area contributed by atoms with Crippen molar-refractivity contribution >= 4 is 15.7 Å². The highest BCUT2D eigenvalue weighted by Gasteiger charge is 2.26. The van der Waals surface area contributed by atoms with Crippen LogP contribution < -0.4 is 10.5 Å². The molecule has 0 aliphatic rings. The highest BCUT2D eigenvalue weighted by Crippen LogP contribution is 2.20. The van der Waals surface area contributed by atoms with Gasteiger partial charge in [0.1, 0.15) is 11.4 Å². The number of anilines is 1. The van der Waals surface area contributed by atoms with Gasteiger partial charge >= 0.3 is 6.18 Å². The van der Waals surface area contributed by atoms with Crippen LogP contribution in [0.25, 0.3) is 5.69 Å². The Hall–Kier alpha value is -2.07. The van der Waals surface area contributed by atoms with Gasteiger partial charge in [0.15, 0.2) is 0 Å². The number of nitrogens with one attached hydrogen (secondary N) is 1. The zero-order valence-electron chi connectivity index (χ0n) is 10.5. The van der Waals surface area contributed by atoms with Crippen molar-refractivity contribution in [1.29, 1.82) is 0 Å². The zero-order chi connectivity index (χ0) is 15.7. The van der Waals surface area contributed by atoms with Crippen molar-refractivity contribution in [1.82, 2.24) is 9.78 Å².